The first-order valence-electron chi connectivity index (χ1n) is 14.9. The lowest BCUT2D eigenvalue weighted by atomic mass is 9.32. The smallest absolute Gasteiger partial charge is 0.0276 e. The fourth-order valence-electron chi connectivity index (χ4n) is 12.2. The molecule has 1 heteroatoms. The van der Waals surface area contributed by atoms with Crippen LogP contribution in [0.1, 0.15) is 120 Å². The van der Waals surface area contributed by atoms with Gasteiger partial charge >= 0.3 is 0 Å². The van der Waals surface area contributed by atoms with Gasteiger partial charge in [0, 0.05) is 18.2 Å². The Balaban J connectivity index is 1.57. The van der Waals surface area contributed by atoms with Gasteiger partial charge < -0.3 is 0 Å². The number of nitrogens with zero attached hydrogens (tertiary/aromatic N) is 1. The molecular weight excluding hydrogens is 410 g/mol. The van der Waals surface area contributed by atoms with Crippen LogP contribution in [0.2, 0.25) is 0 Å². The molecule has 0 radical (unpaired) electrons. The largest absolute Gasteiger partial charge is 0.297 e. The molecule has 5 aliphatic carbocycles. The summed E-state index contributed by atoms with van der Waals surface area (Å²) in [5.41, 5.74) is 5.19. The van der Waals surface area contributed by atoms with E-state index < -0.39 is 0 Å². The zero-order valence-electron chi connectivity index (χ0n) is 24.2. The lowest BCUT2D eigenvalue weighted by molar-refractivity contribution is -0.237. The van der Waals surface area contributed by atoms with Gasteiger partial charge in [0.25, 0.3) is 0 Å². The van der Waals surface area contributed by atoms with Crippen LogP contribution >= 0.6 is 0 Å². The van der Waals surface area contributed by atoms with E-state index in [-0.39, 0.29) is 0 Å². The van der Waals surface area contributed by atoms with Crippen molar-refractivity contribution in [1.29, 1.82) is 0 Å². The highest BCUT2D eigenvalue weighted by Crippen LogP contribution is 2.77. The average Bonchev–Trinajstić information content (AvgIpc) is 3.18. The van der Waals surface area contributed by atoms with Crippen LogP contribution in [0.15, 0.2) is 17.1 Å². The van der Waals surface area contributed by atoms with E-state index in [1.54, 1.807) is 0 Å². The van der Waals surface area contributed by atoms with Gasteiger partial charge in [0.05, 0.1) is 0 Å². The summed E-state index contributed by atoms with van der Waals surface area (Å²) in [5.74, 6) is 4.95. The SMILES string of the molecule is C=C(C)C1CCC2(C(C)=NC)CCC3(C)C(CCC4C5(C)CCC(C)C(C)(C)C5CCC43C)C12. The number of rotatable bonds is 2. The summed E-state index contributed by atoms with van der Waals surface area (Å²) in [7, 11) is 2.05. The van der Waals surface area contributed by atoms with Crippen LogP contribution in [0.3, 0.4) is 0 Å². The second kappa shape index (κ2) is 7.71. The van der Waals surface area contributed by atoms with Gasteiger partial charge in [-0.3, -0.25) is 4.99 Å². The third-order valence-corrected chi connectivity index (χ3v) is 14.7. The molecule has 0 aliphatic heterocycles. The Morgan fingerprint density at radius 2 is 1.47 bits per heavy atom. The highest BCUT2D eigenvalue weighted by Gasteiger charge is 2.70. The van der Waals surface area contributed by atoms with Gasteiger partial charge in [-0.1, -0.05) is 53.7 Å². The molecule has 1 nitrogen and oxygen atoms in total. The van der Waals surface area contributed by atoms with Crippen molar-refractivity contribution in [1.82, 2.24) is 0 Å². The molecule has 0 aromatic rings. The summed E-state index contributed by atoms with van der Waals surface area (Å²) in [5, 5.41) is 0. The highest BCUT2D eigenvalue weighted by atomic mass is 14.8. The maximum atomic E-state index is 4.87. The van der Waals surface area contributed by atoms with Crippen LogP contribution < -0.4 is 0 Å². The van der Waals surface area contributed by atoms with E-state index in [0.717, 1.165) is 29.6 Å². The minimum absolute atomic E-state index is 0.342. The third-order valence-electron chi connectivity index (χ3n) is 14.7. The Labute approximate surface area is 212 Å². The Bertz CT molecular complexity index is 881. The first-order chi connectivity index (χ1) is 15.8. The monoisotopic (exact) mass is 465 g/mol. The van der Waals surface area contributed by atoms with Crippen LogP contribution in [0.5, 0.6) is 0 Å². The summed E-state index contributed by atoms with van der Waals surface area (Å²) >= 11 is 0. The van der Waals surface area contributed by atoms with Gasteiger partial charge in [0.2, 0.25) is 0 Å². The van der Waals surface area contributed by atoms with Gasteiger partial charge in [-0.25, -0.2) is 0 Å². The van der Waals surface area contributed by atoms with Crippen LogP contribution in [-0.4, -0.2) is 12.8 Å². The molecule has 0 amide bonds. The Kier molecular flexibility index (Phi) is 5.68. The second-order valence-corrected chi connectivity index (χ2v) is 15.4. The molecule has 10 atom stereocenters. The molecule has 0 spiro atoms. The predicted octanol–water partition coefficient (Wildman–Crippen LogP) is 9.37. The maximum absolute atomic E-state index is 4.87. The maximum Gasteiger partial charge on any atom is 0.0276 e. The van der Waals surface area contributed by atoms with E-state index in [1.807, 2.05) is 0 Å². The molecule has 5 rings (SSSR count). The molecule has 10 unspecified atom stereocenters. The van der Waals surface area contributed by atoms with Gasteiger partial charge in [-0.15, -0.1) is 0 Å². The molecule has 5 saturated carbocycles. The summed E-state index contributed by atoms with van der Waals surface area (Å²) in [6.45, 7) is 25.3. The quantitative estimate of drug-likeness (QED) is 0.284. The molecule has 0 heterocycles. The lowest BCUT2D eigenvalue weighted by Gasteiger charge is -2.73. The molecule has 0 aromatic carbocycles. The van der Waals surface area contributed by atoms with E-state index in [0.29, 0.717) is 33.0 Å². The van der Waals surface area contributed by atoms with Crippen molar-refractivity contribution in [3.05, 3.63) is 12.2 Å². The minimum Gasteiger partial charge on any atom is -0.297 e. The molecule has 192 valence electrons. The predicted molar refractivity (Wildman–Crippen MR) is 147 cm³/mol. The Hall–Kier alpha value is -0.590. The average molecular weight is 466 g/mol. The van der Waals surface area contributed by atoms with Gasteiger partial charge in [0.15, 0.2) is 0 Å². The molecule has 34 heavy (non-hydrogen) atoms. The molecule has 0 bridgehead atoms. The van der Waals surface area contributed by atoms with Crippen molar-refractivity contribution in [2.24, 2.45) is 67.6 Å². The molecular formula is C33H55N. The Morgan fingerprint density at radius 1 is 0.765 bits per heavy atom. The zero-order valence-corrected chi connectivity index (χ0v) is 24.2. The number of hydrogen-bond donors (Lipinski definition) is 0. The van der Waals surface area contributed by atoms with Crippen LogP contribution in [0.4, 0.5) is 0 Å². The minimum atomic E-state index is 0.342. The standard InChI is InChI=1S/C33H55N/c1-21(2)24-14-18-33(23(4)34-10)20-19-31(8)25(28(24)33)11-12-27-30(7)16-13-22(3)29(5,6)26(30)15-17-32(27,31)9/h22,24-28H,1,11-20H2,2-10H3. The van der Waals surface area contributed by atoms with Gasteiger partial charge in [-0.05, 0) is 135 Å². The molecule has 0 aromatic heterocycles. The highest BCUT2D eigenvalue weighted by molar-refractivity contribution is 5.89. The van der Waals surface area contributed by atoms with E-state index >= 15 is 0 Å². The van der Waals surface area contributed by atoms with Crippen LogP contribution in [-0.2, 0) is 0 Å². The summed E-state index contributed by atoms with van der Waals surface area (Å²) < 4.78 is 0. The number of allylic oxidation sites excluding steroid dienone is 1. The summed E-state index contributed by atoms with van der Waals surface area (Å²) in [4.78, 5) is 4.87. The lowest BCUT2D eigenvalue weighted by Crippen LogP contribution is -2.66. The zero-order chi connectivity index (χ0) is 24.9. The van der Waals surface area contributed by atoms with Crippen molar-refractivity contribution >= 4 is 5.71 Å². The first-order valence-corrected chi connectivity index (χ1v) is 14.9. The van der Waals surface area contributed by atoms with Crippen molar-refractivity contribution in [2.45, 2.75) is 120 Å². The van der Waals surface area contributed by atoms with Crippen molar-refractivity contribution in [2.75, 3.05) is 7.05 Å². The van der Waals surface area contributed by atoms with Crippen molar-refractivity contribution in [3.8, 4) is 0 Å². The topological polar surface area (TPSA) is 12.4 Å². The number of fused-ring (bicyclic) bond motifs is 7. The first kappa shape index (κ1) is 25.1. The molecule has 0 saturated heterocycles. The fourth-order valence-corrected chi connectivity index (χ4v) is 12.2. The summed E-state index contributed by atoms with van der Waals surface area (Å²) in [6.07, 6.45) is 14.2. The second-order valence-electron chi connectivity index (χ2n) is 15.4. The van der Waals surface area contributed by atoms with Gasteiger partial charge in [-0.2, -0.15) is 0 Å². The van der Waals surface area contributed by atoms with Gasteiger partial charge in [0.1, 0.15) is 0 Å². The van der Waals surface area contributed by atoms with E-state index in [1.165, 1.54) is 75.5 Å². The van der Waals surface area contributed by atoms with Crippen molar-refractivity contribution < 1.29 is 0 Å². The Morgan fingerprint density at radius 3 is 2.12 bits per heavy atom. The van der Waals surface area contributed by atoms with E-state index in [2.05, 4.69) is 69.0 Å². The number of aliphatic imine (C=N–C) groups is 1. The molecule has 5 fully saturated rings. The number of hydrogen-bond acceptors (Lipinski definition) is 1. The van der Waals surface area contributed by atoms with Crippen LogP contribution in [0, 0.1) is 62.6 Å². The fraction of sp³-hybridized carbons (Fsp3) is 0.909. The molecule has 0 N–H and O–H groups in total. The van der Waals surface area contributed by atoms with E-state index in [4.69, 9.17) is 4.99 Å². The van der Waals surface area contributed by atoms with E-state index in [9.17, 15) is 0 Å². The third kappa shape index (κ3) is 2.88. The normalized spacial score (nSPS) is 54.4. The molecule has 5 aliphatic rings. The van der Waals surface area contributed by atoms with Crippen molar-refractivity contribution in [3.63, 3.8) is 0 Å². The summed E-state index contributed by atoms with van der Waals surface area (Å²) in [6, 6.07) is 0. The van der Waals surface area contributed by atoms with Crippen LogP contribution in [0.25, 0.3) is 0 Å².